The zero-order valence-corrected chi connectivity index (χ0v) is 10.2. The smallest absolute Gasteiger partial charge is 0.351 e. The normalized spacial score (nSPS) is 15.3. The Morgan fingerprint density at radius 1 is 1.58 bits per heavy atom. The molecule has 0 bridgehead atoms. The molecule has 2 rings (SSSR count). The molecular formula is C12H14F3N3O. The number of alkyl halides is 3. The van der Waals surface area contributed by atoms with E-state index >= 15 is 0 Å². The minimum Gasteiger partial charge on any atom is -0.351 e. The average molecular weight is 273 g/mol. The molecule has 1 amide bonds. The molecule has 7 heteroatoms. The van der Waals surface area contributed by atoms with E-state index in [1.165, 1.54) is 6.08 Å². The zero-order chi connectivity index (χ0) is 14.0. The third kappa shape index (κ3) is 3.36. The number of aromatic nitrogens is 2. The van der Waals surface area contributed by atoms with E-state index in [0.717, 1.165) is 23.6 Å². The van der Waals surface area contributed by atoms with Crippen LogP contribution >= 0.6 is 0 Å². The Balaban J connectivity index is 2.16. The number of carbonyl (C=O) groups is 1. The Hall–Kier alpha value is -1.79. The Labute approximate surface area is 108 Å². The van der Waals surface area contributed by atoms with E-state index in [2.05, 4.69) is 17.0 Å². The topological polar surface area (TPSA) is 46.9 Å². The van der Waals surface area contributed by atoms with Crippen molar-refractivity contribution in [2.45, 2.75) is 31.5 Å². The third-order valence-corrected chi connectivity index (χ3v) is 2.83. The second kappa shape index (κ2) is 5.07. The summed E-state index contributed by atoms with van der Waals surface area (Å²) in [6.07, 6.45) is -1.29. The van der Waals surface area contributed by atoms with Gasteiger partial charge in [0.1, 0.15) is 6.54 Å². The predicted octanol–water partition coefficient (Wildman–Crippen LogP) is 2.08. The van der Waals surface area contributed by atoms with Gasteiger partial charge in [-0.15, -0.1) is 6.58 Å². The maximum atomic E-state index is 12.6. The van der Waals surface area contributed by atoms with Crippen LogP contribution in [0.15, 0.2) is 18.7 Å². The summed E-state index contributed by atoms with van der Waals surface area (Å²) in [6.45, 7) is 3.53. The molecule has 0 atom stereocenters. The Kier molecular flexibility index (Phi) is 3.64. The fourth-order valence-corrected chi connectivity index (χ4v) is 1.78. The monoisotopic (exact) mass is 273 g/mol. The van der Waals surface area contributed by atoms with E-state index < -0.39 is 11.9 Å². The number of rotatable bonds is 5. The minimum atomic E-state index is -4.48. The molecule has 1 N–H and O–H groups in total. The van der Waals surface area contributed by atoms with E-state index in [4.69, 9.17) is 0 Å². The van der Waals surface area contributed by atoms with Gasteiger partial charge >= 0.3 is 6.18 Å². The fraction of sp³-hybridized carbons (Fsp3) is 0.500. The van der Waals surface area contributed by atoms with Gasteiger partial charge in [0.15, 0.2) is 5.69 Å². The van der Waals surface area contributed by atoms with E-state index in [0.29, 0.717) is 5.69 Å². The highest BCUT2D eigenvalue weighted by molar-refractivity contribution is 5.75. The van der Waals surface area contributed by atoms with Crippen LogP contribution in [0.3, 0.4) is 0 Å². The van der Waals surface area contributed by atoms with Gasteiger partial charge < -0.3 is 5.32 Å². The molecule has 1 aromatic rings. The summed E-state index contributed by atoms with van der Waals surface area (Å²) in [5, 5.41) is 6.01. The Bertz CT molecular complexity index is 489. The van der Waals surface area contributed by atoms with Crippen LogP contribution in [0.5, 0.6) is 0 Å². The molecule has 1 aromatic heterocycles. The molecule has 104 valence electrons. The van der Waals surface area contributed by atoms with Crippen LogP contribution in [0.4, 0.5) is 13.2 Å². The molecular weight excluding hydrogens is 259 g/mol. The standard InChI is InChI=1S/C12H14F3N3O/c1-2-5-16-11(19)7-18-9(8-3-4-8)6-10(17-18)12(13,14)15/h2,6,8H,1,3-5,7H2,(H,16,19). The molecule has 4 nitrogen and oxygen atoms in total. The van der Waals surface area contributed by atoms with Gasteiger partial charge in [-0.1, -0.05) is 6.08 Å². The van der Waals surface area contributed by atoms with Gasteiger partial charge in [-0.05, 0) is 18.9 Å². The average Bonchev–Trinajstić information content (AvgIpc) is 3.07. The minimum absolute atomic E-state index is 0.0933. The van der Waals surface area contributed by atoms with Crippen molar-refractivity contribution in [1.82, 2.24) is 15.1 Å². The molecule has 0 unspecified atom stereocenters. The SMILES string of the molecule is C=CCNC(=O)Cn1nc(C(F)(F)F)cc1C1CC1. The van der Waals surface area contributed by atoms with Gasteiger partial charge in [-0.25, -0.2) is 0 Å². The summed E-state index contributed by atoms with van der Waals surface area (Å²) in [5.74, 6) is -0.283. The second-order valence-corrected chi connectivity index (χ2v) is 4.48. The van der Waals surface area contributed by atoms with E-state index in [1.807, 2.05) is 0 Å². The van der Waals surface area contributed by atoms with E-state index in [1.54, 1.807) is 0 Å². The molecule has 1 fully saturated rings. The third-order valence-electron chi connectivity index (χ3n) is 2.83. The lowest BCUT2D eigenvalue weighted by Crippen LogP contribution is -2.28. The number of nitrogens with zero attached hydrogens (tertiary/aromatic N) is 2. The van der Waals surface area contributed by atoms with Crippen molar-refractivity contribution >= 4 is 5.91 Å². The van der Waals surface area contributed by atoms with Gasteiger partial charge in [0.2, 0.25) is 5.91 Å². The van der Waals surface area contributed by atoms with Crippen LogP contribution in [-0.2, 0) is 17.5 Å². The number of amides is 1. The van der Waals surface area contributed by atoms with Crippen LogP contribution in [-0.4, -0.2) is 22.2 Å². The molecule has 0 spiro atoms. The van der Waals surface area contributed by atoms with Crippen LogP contribution in [0.25, 0.3) is 0 Å². The lowest BCUT2D eigenvalue weighted by Gasteiger charge is -2.06. The quantitative estimate of drug-likeness (QED) is 0.835. The molecule has 0 aromatic carbocycles. The zero-order valence-electron chi connectivity index (χ0n) is 10.2. The number of hydrogen-bond donors (Lipinski definition) is 1. The second-order valence-electron chi connectivity index (χ2n) is 4.48. The Morgan fingerprint density at radius 3 is 2.79 bits per heavy atom. The maximum Gasteiger partial charge on any atom is 0.435 e. The van der Waals surface area contributed by atoms with Crippen LogP contribution in [0.2, 0.25) is 0 Å². The number of halogens is 3. The van der Waals surface area contributed by atoms with Gasteiger partial charge in [0.05, 0.1) is 0 Å². The first-order valence-electron chi connectivity index (χ1n) is 5.94. The Morgan fingerprint density at radius 2 is 2.26 bits per heavy atom. The largest absolute Gasteiger partial charge is 0.435 e. The van der Waals surface area contributed by atoms with Crippen LogP contribution < -0.4 is 5.32 Å². The molecule has 0 saturated heterocycles. The van der Waals surface area contributed by atoms with E-state index in [-0.39, 0.29) is 24.9 Å². The fourth-order valence-electron chi connectivity index (χ4n) is 1.78. The van der Waals surface area contributed by atoms with Crippen LogP contribution in [0.1, 0.15) is 30.1 Å². The highest BCUT2D eigenvalue weighted by Gasteiger charge is 2.37. The molecule has 19 heavy (non-hydrogen) atoms. The number of hydrogen-bond acceptors (Lipinski definition) is 2. The summed E-state index contributed by atoms with van der Waals surface area (Å²) < 4.78 is 39.0. The van der Waals surface area contributed by atoms with Crippen molar-refractivity contribution < 1.29 is 18.0 Å². The van der Waals surface area contributed by atoms with Gasteiger partial charge in [-0.2, -0.15) is 18.3 Å². The molecule has 1 saturated carbocycles. The summed E-state index contributed by atoms with van der Waals surface area (Å²) in [5.41, 5.74) is -0.452. The van der Waals surface area contributed by atoms with Crippen molar-refractivity contribution in [2.75, 3.05) is 6.54 Å². The maximum absolute atomic E-state index is 12.6. The summed E-state index contributed by atoms with van der Waals surface area (Å²) >= 11 is 0. The van der Waals surface area contributed by atoms with Crippen molar-refractivity contribution in [2.24, 2.45) is 0 Å². The van der Waals surface area contributed by atoms with E-state index in [9.17, 15) is 18.0 Å². The first-order chi connectivity index (χ1) is 8.91. The summed E-state index contributed by atoms with van der Waals surface area (Å²) in [7, 11) is 0. The van der Waals surface area contributed by atoms with Crippen molar-refractivity contribution in [3.8, 4) is 0 Å². The predicted molar refractivity (Wildman–Crippen MR) is 62.4 cm³/mol. The number of nitrogens with one attached hydrogen (secondary N) is 1. The first-order valence-corrected chi connectivity index (χ1v) is 5.94. The molecule has 0 aliphatic heterocycles. The van der Waals surface area contributed by atoms with Gasteiger partial charge in [-0.3, -0.25) is 9.48 Å². The van der Waals surface area contributed by atoms with Gasteiger partial charge in [0, 0.05) is 18.2 Å². The lowest BCUT2D eigenvalue weighted by molar-refractivity contribution is -0.141. The first kappa shape index (κ1) is 13.6. The highest BCUT2D eigenvalue weighted by Crippen LogP contribution is 2.42. The highest BCUT2D eigenvalue weighted by atomic mass is 19.4. The molecule has 1 heterocycles. The van der Waals surface area contributed by atoms with Crippen LogP contribution in [0, 0.1) is 0 Å². The van der Waals surface area contributed by atoms with Gasteiger partial charge in [0.25, 0.3) is 0 Å². The molecule has 0 radical (unpaired) electrons. The lowest BCUT2D eigenvalue weighted by atomic mass is 10.2. The molecule has 1 aliphatic carbocycles. The summed E-state index contributed by atoms with van der Waals surface area (Å²) in [6, 6.07) is 1.04. The molecule has 1 aliphatic rings. The van der Waals surface area contributed by atoms with Crippen molar-refractivity contribution in [3.05, 3.63) is 30.1 Å². The van der Waals surface area contributed by atoms with Crippen molar-refractivity contribution in [1.29, 1.82) is 0 Å². The van der Waals surface area contributed by atoms with Crippen molar-refractivity contribution in [3.63, 3.8) is 0 Å². The summed E-state index contributed by atoms with van der Waals surface area (Å²) in [4.78, 5) is 11.5. The number of carbonyl (C=O) groups excluding carboxylic acids is 1.